The lowest BCUT2D eigenvalue weighted by atomic mass is 10.2. The van der Waals surface area contributed by atoms with Crippen molar-refractivity contribution in [3.63, 3.8) is 0 Å². The van der Waals surface area contributed by atoms with Crippen LogP contribution in [0.15, 0.2) is 24.3 Å². The standard InChI is InChI=1S/C13H13Cl2N3O2/c14-13(15)7-10(13)11(19)17-8-1-3-9(4-2-8)18-6-5-16-12(18)20/h1-4,10H,5-7H2,(H,16,20)(H,17,19). The Bertz CT molecular complexity index is 559. The van der Waals surface area contributed by atoms with Crippen LogP contribution in [0, 0.1) is 5.92 Å². The molecule has 1 aromatic carbocycles. The molecular weight excluding hydrogens is 301 g/mol. The maximum Gasteiger partial charge on any atom is 0.321 e. The Hall–Kier alpha value is -1.46. The number of benzene rings is 1. The first kappa shape index (κ1) is 13.5. The van der Waals surface area contributed by atoms with Crippen molar-refractivity contribution in [2.24, 2.45) is 5.92 Å². The molecule has 0 bridgehead atoms. The van der Waals surface area contributed by atoms with Crippen LogP contribution in [0.1, 0.15) is 6.42 Å². The first-order valence-corrected chi connectivity index (χ1v) is 7.07. The number of hydrogen-bond donors (Lipinski definition) is 2. The fourth-order valence-corrected chi connectivity index (χ4v) is 2.68. The van der Waals surface area contributed by atoms with Gasteiger partial charge in [-0.15, -0.1) is 23.2 Å². The summed E-state index contributed by atoms with van der Waals surface area (Å²) in [5, 5.41) is 5.50. The van der Waals surface area contributed by atoms with Crippen LogP contribution in [0.4, 0.5) is 16.2 Å². The Morgan fingerprint density at radius 3 is 2.50 bits per heavy atom. The van der Waals surface area contributed by atoms with Crippen LogP contribution in [0.5, 0.6) is 0 Å². The second kappa shape index (κ2) is 4.82. The summed E-state index contributed by atoms with van der Waals surface area (Å²) in [6.45, 7) is 1.29. The van der Waals surface area contributed by atoms with Crippen molar-refractivity contribution >= 4 is 46.5 Å². The lowest BCUT2D eigenvalue weighted by molar-refractivity contribution is -0.117. The first-order chi connectivity index (χ1) is 9.47. The molecule has 1 saturated carbocycles. The number of halogens is 2. The second-order valence-corrected chi connectivity index (χ2v) is 6.48. The maximum absolute atomic E-state index is 11.8. The summed E-state index contributed by atoms with van der Waals surface area (Å²) in [6.07, 6.45) is 0.480. The predicted octanol–water partition coefficient (Wildman–Crippen LogP) is 2.35. The molecule has 2 aliphatic rings. The van der Waals surface area contributed by atoms with Crippen molar-refractivity contribution in [1.82, 2.24) is 5.32 Å². The number of rotatable bonds is 3. The number of anilines is 2. The van der Waals surface area contributed by atoms with Crippen LogP contribution in [0.2, 0.25) is 0 Å². The van der Waals surface area contributed by atoms with Gasteiger partial charge in [-0.2, -0.15) is 0 Å². The van der Waals surface area contributed by atoms with Crippen LogP contribution in [-0.4, -0.2) is 29.4 Å². The molecule has 3 rings (SSSR count). The van der Waals surface area contributed by atoms with Crippen molar-refractivity contribution < 1.29 is 9.59 Å². The smallest absolute Gasteiger partial charge is 0.321 e. The summed E-state index contributed by atoms with van der Waals surface area (Å²) in [6, 6.07) is 7.00. The van der Waals surface area contributed by atoms with Gasteiger partial charge in [-0.3, -0.25) is 9.69 Å². The summed E-state index contributed by atoms with van der Waals surface area (Å²) in [7, 11) is 0. The van der Waals surface area contributed by atoms with Gasteiger partial charge in [0.15, 0.2) is 0 Å². The minimum absolute atomic E-state index is 0.103. The van der Waals surface area contributed by atoms with Gasteiger partial charge in [0.2, 0.25) is 5.91 Å². The Balaban J connectivity index is 1.64. The number of carbonyl (C=O) groups is 2. The number of carbonyl (C=O) groups excluding carboxylic acids is 2. The van der Waals surface area contributed by atoms with E-state index in [1.165, 1.54) is 0 Å². The highest BCUT2D eigenvalue weighted by molar-refractivity contribution is 6.52. The van der Waals surface area contributed by atoms with Crippen LogP contribution >= 0.6 is 23.2 Å². The number of nitrogens with one attached hydrogen (secondary N) is 2. The minimum atomic E-state index is -0.919. The van der Waals surface area contributed by atoms with E-state index in [0.717, 1.165) is 5.69 Å². The van der Waals surface area contributed by atoms with Crippen molar-refractivity contribution in [2.45, 2.75) is 10.8 Å². The molecule has 2 fully saturated rings. The molecule has 5 nitrogen and oxygen atoms in total. The number of alkyl halides is 2. The van der Waals surface area contributed by atoms with E-state index in [4.69, 9.17) is 23.2 Å². The third kappa shape index (κ3) is 2.55. The Morgan fingerprint density at radius 2 is 2.00 bits per heavy atom. The van der Waals surface area contributed by atoms with Gasteiger partial charge in [-0.1, -0.05) is 0 Å². The predicted molar refractivity (Wildman–Crippen MR) is 78.4 cm³/mol. The number of hydrogen-bond acceptors (Lipinski definition) is 2. The van der Waals surface area contributed by atoms with E-state index in [-0.39, 0.29) is 17.9 Å². The van der Waals surface area contributed by atoms with E-state index in [0.29, 0.717) is 25.2 Å². The largest absolute Gasteiger partial charge is 0.336 e. The SMILES string of the molecule is O=C(Nc1ccc(N2CCNC2=O)cc1)C1CC1(Cl)Cl. The van der Waals surface area contributed by atoms with Gasteiger partial charge >= 0.3 is 6.03 Å². The zero-order valence-electron chi connectivity index (χ0n) is 10.5. The molecule has 7 heteroatoms. The van der Waals surface area contributed by atoms with Gasteiger partial charge in [-0.25, -0.2) is 4.79 Å². The van der Waals surface area contributed by atoms with E-state index in [9.17, 15) is 9.59 Å². The normalized spacial score (nSPS) is 23.4. The fourth-order valence-electron chi connectivity index (χ4n) is 2.17. The average molecular weight is 314 g/mol. The van der Waals surface area contributed by atoms with Crippen molar-refractivity contribution in [1.29, 1.82) is 0 Å². The molecule has 1 unspecified atom stereocenters. The monoisotopic (exact) mass is 313 g/mol. The van der Waals surface area contributed by atoms with Gasteiger partial charge in [0, 0.05) is 24.5 Å². The van der Waals surface area contributed by atoms with E-state index in [1.54, 1.807) is 29.2 Å². The zero-order chi connectivity index (χ0) is 14.3. The number of urea groups is 1. The molecule has 1 aliphatic heterocycles. The minimum Gasteiger partial charge on any atom is -0.336 e. The van der Waals surface area contributed by atoms with E-state index in [2.05, 4.69) is 10.6 Å². The third-order valence-corrected chi connectivity index (χ3v) is 4.28. The number of amides is 3. The van der Waals surface area contributed by atoms with Crippen LogP contribution in [0.25, 0.3) is 0 Å². The quantitative estimate of drug-likeness (QED) is 0.841. The molecule has 106 valence electrons. The summed E-state index contributed by atoms with van der Waals surface area (Å²) in [5.41, 5.74) is 1.46. The summed E-state index contributed by atoms with van der Waals surface area (Å²) in [5.74, 6) is -0.531. The highest BCUT2D eigenvalue weighted by atomic mass is 35.5. The zero-order valence-corrected chi connectivity index (χ0v) is 12.0. The Morgan fingerprint density at radius 1 is 1.35 bits per heavy atom. The summed E-state index contributed by atoms with van der Waals surface area (Å²) < 4.78 is -0.919. The molecular formula is C13H13Cl2N3O2. The van der Waals surface area contributed by atoms with Crippen molar-refractivity contribution in [3.8, 4) is 0 Å². The molecule has 1 saturated heterocycles. The molecule has 1 heterocycles. The van der Waals surface area contributed by atoms with Gasteiger partial charge in [-0.05, 0) is 30.7 Å². The molecule has 2 N–H and O–H groups in total. The molecule has 0 spiro atoms. The molecule has 1 aromatic rings. The third-order valence-electron chi connectivity index (χ3n) is 3.45. The van der Waals surface area contributed by atoms with Gasteiger partial charge in [0.1, 0.15) is 4.33 Å². The summed E-state index contributed by atoms with van der Waals surface area (Å²) in [4.78, 5) is 25.0. The fraction of sp³-hybridized carbons (Fsp3) is 0.385. The molecule has 3 amide bonds. The second-order valence-electron chi connectivity index (χ2n) is 4.94. The number of nitrogens with zero attached hydrogens (tertiary/aromatic N) is 1. The van der Waals surface area contributed by atoms with Crippen molar-refractivity contribution in [3.05, 3.63) is 24.3 Å². The molecule has 1 aliphatic carbocycles. The van der Waals surface area contributed by atoms with Crippen LogP contribution in [-0.2, 0) is 4.79 Å². The topological polar surface area (TPSA) is 61.4 Å². The van der Waals surface area contributed by atoms with Crippen molar-refractivity contribution in [2.75, 3.05) is 23.3 Å². The van der Waals surface area contributed by atoms with E-state index >= 15 is 0 Å². The van der Waals surface area contributed by atoms with E-state index in [1.807, 2.05) is 0 Å². The maximum atomic E-state index is 11.8. The van der Waals surface area contributed by atoms with Gasteiger partial charge in [0.25, 0.3) is 0 Å². The Kier molecular flexibility index (Phi) is 3.26. The first-order valence-electron chi connectivity index (χ1n) is 6.31. The average Bonchev–Trinajstić information content (AvgIpc) is 2.84. The van der Waals surface area contributed by atoms with E-state index < -0.39 is 4.33 Å². The van der Waals surface area contributed by atoms with Crippen LogP contribution in [0.3, 0.4) is 0 Å². The summed E-state index contributed by atoms with van der Waals surface area (Å²) >= 11 is 11.7. The highest BCUT2D eigenvalue weighted by Crippen LogP contribution is 2.53. The molecule has 20 heavy (non-hydrogen) atoms. The molecule has 1 atom stereocenters. The highest BCUT2D eigenvalue weighted by Gasteiger charge is 2.56. The van der Waals surface area contributed by atoms with Gasteiger partial charge < -0.3 is 10.6 Å². The molecule has 0 aromatic heterocycles. The Labute approximate surface area is 126 Å². The van der Waals surface area contributed by atoms with Gasteiger partial charge in [0.05, 0.1) is 5.92 Å². The lowest BCUT2D eigenvalue weighted by Gasteiger charge is -2.14. The lowest BCUT2D eigenvalue weighted by Crippen LogP contribution is -2.27. The molecule has 0 radical (unpaired) electrons. The van der Waals surface area contributed by atoms with Crippen LogP contribution < -0.4 is 15.5 Å².